The number of rotatable bonds is 8. The summed E-state index contributed by atoms with van der Waals surface area (Å²) in [7, 11) is 0. The number of nitrogens with one attached hydrogen (secondary N) is 2. The highest BCUT2D eigenvalue weighted by Crippen LogP contribution is 2.33. The largest absolute Gasteiger partial charge is 0.507 e. The number of aromatic hydroxyl groups is 1. The lowest BCUT2D eigenvalue weighted by Gasteiger charge is -2.41. The van der Waals surface area contributed by atoms with E-state index < -0.39 is 18.1 Å². The SMILES string of the molecule is Cc1cc(C[C@@H](OC(=O)N2CCC(N3CCc4ccccc4NC3=O)CC2)C(=O)N2CCC(C3CCN(CC(=O)NO)CC3)CC2)cc(C)c1O. The van der Waals surface area contributed by atoms with Crippen LogP contribution < -0.4 is 10.8 Å². The second-order valence-corrected chi connectivity index (χ2v) is 14.7. The molecule has 5 amide bonds. The monoisotopic (exact) mass is 704 g/mol. The molecule has 0 saturated carbocycles. The number of benzene rings is 2. The van der Waals surface area contributed by atoms with Crippen LogP contribution in [0.1, 0.15) is 60.8 Å². The Kier molecular flexibility index (Phi) is 11.7. The van der Waals surface area contributed by atoms with E-state index in [-0.39, 0.29) is 36.7 Å². The molecule has 3 fully saturated rings. The molecule has 0 bridgehead atoms. The minimum absolute atomic E-state index is 0.00249. The van der Waals surface area contributed by atoms with Crippen molar-refractivity contribution in [3.05, 3.63) is 58.7 Å². The molecular weight excluding hydrogens is 652 g/mol. The molecule has 0 spiro atoms. The van der Waals surface area contributed by atoms with Gasteiger partial charge in [0.2, 0.25) is 0 Å². The summed E-state index contributed by atoms with van der Waals surface area (Å²) in [5.41, 5.74) is 5.89. The highest BCUT2D eigenvalue weighted by Gasteiger charge is 2.37. The summed E-state index contributed by atoms with van der Waals surface area (Å²) in [6.45, 7) is 8.07. The molecule has 2 aromatic carbocycles. The predicted molar refractivity (Wildman–Crippen MR) is 190 cm³/mol. The van der Waals surface area contributed by atoms with Gasteiger partial charge in [0.1, 0.15) is 5.75 Å². The number of ether oxygens (including phenoxy) is 1. The van der Waals surface area contributed by atoms with Crippen LogP contribution in [0.15, 0.2) is 36.4 Å². The number of aryl methyl sites for hydroxylation is 2. The molecule has 1 atom stereocenters. The van der Waals surface area contributed by atoms with Crippen molar-refractivity contribution in [2.75, 3.05) is 57.7 Å². The number of carbonyl (C=O) groups excluding carboxylic acids is 4. The number of carbonyl (C=O) groups is 4. The van der Waals surface area contributed by atoms with Crippen LogP contribution >= 0.6 is 0 Å². The summed E-state index contributed by atoms with van der Waals surface area (Å²) in [6.07, 6.45) is 4.37. The number of piperidine rings is 3. The van der Waals surface area contributed by atoms with E-state index in [1.54, 1.807) is 10.4 Å². The summed E-state index contributed by atoms with van der Waals surface area (Å²) >= 11 is 0. The number of anilines is 1. The fourth-order valence-electron chi connectivity index (χ4n) is 8.47. The van der Waals surface area contributed by atoms with Crippen LogP contribution in [0, 0.1) is 25.7 Å². The minimum atomic E-state index is -1.01. The van der Waals surface area contributed by atoms with Gasteiger partial charge in [0.25, 0.3) is 11.8 Å². The van der Waals surface area contributed by atoms with Gasteiger partial charge in [-0.25, -0.2) is 15.1 Å². The predicted octanol–water partition coefficient (Wildman–Crippen LogP) is 4.07. The first-order valence-electron chi connectivity index (χ1n) is 18.4. The summed E-state index contributed by atoms with van der Waals surface area (Å²) < 4.78 is 6.06. The van der Waals surface area contributed by atoms with Gasteiger partial charge in [-0.1, -0.05) is 30.3 Å². The van der Waals surface area contributed by atoms with Crippen molar-refractivity contribution in [3.63, 3.8) is 0 Å². The second kappa shape index (κ2) is 16.3. The standard InChI is InChI=1S/C38H52N6O7/c1-25-21-27(22-26(2)35(25)46)23-33(36(47)42-16-9-29(10-17-42)28-7-14-41(15-8-28)24-34(45)40-50)51-38(49)43-18-12-31(13-19-43)44-20-11-30-5-3-4-6-32(30)39-37(44)48/h3-6,21-22,28-29,31,33,46,50H,7-20,23-24H2,1-2H3,(H,39,48)(H,40,45)/t33-/m1/s1. The maximum Gasteiger partial charge on any atom is 0.410 e. The number of amides is 5. The Hall–Kier alpha value is -4.36. The summed E-state index contributed by atoms with van der Waals surface area (Å²) in [5.74, 6) is 0.615. The van der Waals surface area contributed by atoms with Gasteiger partial charge >= 0.3 is 12.1 Å². The van der Waals surface area contributed by atoms with Gasteiger partial charge in [0, 0.05) is 50.9 Å². The van der Waals surface area contributed by atoms with E-state index in [1.165, 1.54) is 0 Å². The number of hydrogen-bond donors (Lipinski definition) is 4. The minimum Gasteiger partial charge on any atom is -0.507 e. The molecule has 276 valence electrons. The highest BCUT2D eigenvalue weighted by atomic mass is 16.6. The first kappa shape index (κ1) is 36.4. The maximum absolute atomic E-state index is 14.1. The number of hydroxylamine groups is 1. The Morgan fingerprint density at radius 1 is 0.882 bits per heavy atom. The molecule has 4 aliphatic heterocycles. The Morgan fingerprint density at radius 2 is 1.49 bits per heavy atom. The number of phenols is 1. The Labute approximate surface area is 299 Å². The molecular formula is C38H52N6O7. The van der Waals surface area contributed by atoms with Crippen molar-refractivity contribution < 1.29 is 34.2 Å². The summed E-state index contributed by atoms with van der Waals surface area (Å²) in [6, 6.07) is 11.4. The van der Waals surface area contributed by atoms with E-state index in [0.29, 0.717) is 68.5 Å². The van der Waals surface area contributed by atoms with Crippen molar-refractivity contribution >= 4 is 29.6 Å². The van der Waals surface area contributed by atoms with Crippen molar-refractivity contribution in [1.82, 2.24) is 25.1 Å². The zero-order valence-corrected chi connectivity index (χ0v) is 29.8. The Balaban J connectivity index is 1.06. The number of nitrogens with zero attached hydrogens (tertiary/aromatic N) is 4. The molecule has 2 aromatic rings. The van der Waals surface area contributed by atoms with E-state index in [9.17, 15) is 24.3 Å². The molecule has 0 radical (unpaired) electrons. The van der Waals surface area contributed by atoms with E-state index in [4.69, 9.17) is 9.94 Å². The third-order valence-corrected chi connectivity index (χ3v) is 11.4. The number of para-hydroxylation sites is 1. The van der Waals surface area contributed by atoms with Crippen molar-refractivity contribution in [2.24, 2.45) is 11.8 Å². The number of urea groups is 1. The van der Waals surface area contributed by atoms with Crippen molar-refractivity contribution in [3.8, 4) is 5.75 Å². The quantitative estimate of drug-likeness (QED) is 0.237. The van der Waals surface area contributed by atoms with E-state index in [0.717, 1.165) is 62.0 Å². The maximum atomic E-state index is 14.1. The average Bonchev–Trinajstić information content (AvgIpc) is 3.31. The zero-order chi connectivity index (χ0) is 36.1. The van der Waals surface area contributed by atoms with Gasteiger partial charge in [-0.3, -0.25) is 19.7 Å². The van der Waals surface area contributed by atoms with Crippen LogP contribution in [0.4, 0.5) is 15.3 Å². The lowest BCUT2D eigenvalue weighted by Crippen LogP contribution is -2.52. The van der Waals surface area contributed by atoms with Crippen LogP contribution in [-0.4, -0.2) is 118 Å². The molecule has 13 heteroatoms. The molecule has 4 aliphatic rings. The van der Waals surface area contributed by atoms with Crippen LogP contribution in [0.25, 0.3) is 0 Å². The lowest BCUT2D eigenvalue weighted by molar-refractivity contribution is -0.142. The van der Waals surface area contributed by atoms with Gasteiger partial charge in [-0.15, -0.1) is 0 Å². The van der Waals surface area contributed by atoms with Crippen molar-refractivity contribution in [2.45, 2.75) is 77.4 Å². The molecule has 4 N–H and O–H groups in total. The molecule has 51 heavy (non-hydrogen) atoms. The van der Waals surface area contributed by atoms with E-state index in [2.05, 4.69) is 10.2 Å². The van der Waals surface area contributed by atoms with Gasteiger partial charge < -0.3 is 29.9 Å². The number of phenolic OH excluding ortho intramolecular Hbond substituents is 1. The number of fused-ring (bicyclic) bond motifs is 1. The summed E-state index contributed by atoms with van der Waals surface area (Å²) in [5, 5.41) is 22.2. The third-order valence-electron chi connectivity index (χ3n) is 11.4. The lowest BCUT2D eigenvalue weighted by atomic mass is 9.78. The van der Waals surface area contributed by atoms with Gasteiger partial charge in [-0.05, 0) is 112 Å². The third kappa shape index (κ3) is 8.75. The Morgan fingerprint density at radius 3 is 2.14 bits per heavy atom. The van der Waals surface area contributed by atoms with Crippen LogP contribution in [0.5, 0.6) is 5.75 Å². The molecule has 0 unspecified atom stereocenters. The van der Waals surface area contributed by atoms with Crippen LogP contribution in [0.3, 0.4) is 0 Å². The van der Waals surface area contributed by atoms with E-state index in [1.807, 2.05) is 60.0 Å². The summed E-state index contributed by atoms with van der Waals surface area (Å²) in [4.78, 5) is 59.8. The molecule has 4 heterocycles. The average molecular weight is 705 g/mol. The second-order valence-electron chi connectivity index (χ2n) is 14.7. The van der Waals surface area contributed by atoms with E-state index >= 15 is 0 Å². The van der Waals surface area contributed by atoms with Crippen LogP contribution in [-0.2, 0) is 27.2 Å². The molecule has 0 aromatic heterocycles. The smallest absolute Gasteiger partial charge is 0.410 e. The molecule has 6 rings (SSSR count). The molecule has 0 aliphatic carbocycles. The fraction of sp³-hybridized carbons (Fsp3) is 0.579. The number of hydrogen-bond acceptors (Lipinski definition) is 8. The van der Waals surface area contributed by atoms with Gasteiger partial charge in [-0.2, -0.15) is 0 Å². The first-order valence-corrected chi connectivity index (χ1v) is 18.4. The molecule has 3 saturated heterocycles. The van der Waals surface area contributed by atoms with Crippen molar-refractivity contribution in [1.29, 1.82) is 0 Å². The van der Waals surface area contributed by atoms with Gasteiger partial charge in [0.05, 0.1) is 6.54 Å². The number of likely N-dealkylation sites (tertiary alicyclic amines) is 3. The topological polar surface area (TPSA) is 155 Å². The normalized spacial score (nSPS) is 20.3. The fourth-order valence-corrected chi connectivity index (χ4v) is 8.47. The zero-order valence-electron chi connectivity index (χ0n) is 29.8. The highest BCUT2D eigenvalue weighted by molar-refractivity contribution is 5.91. The molecule has 13 nitrogen and oxygen atoms in total. The van der Waals surface area contributed by atoms with Gasteiger partial charge in [0.15, 0.2) is 6.10 Å². The Bertz CT molecular complexity index is 1560. The first-order chi connectivity index (χ1) is 24.6. The van der Waals surface area contributed by atoms with Crippen LogP contribution in [0.2, 0.25) is 0 Å².